The van der Waals surface area contributed by atoms with E-state index >= 15 is 0 Å². The second kappa shape index (κ2) is 13.8. The van der Waals surface area contributed by atoms with Crippen molar-refractivity contribution in [1.82, 2.24) is 15.2 Å². The highest BCUT2D eigenvalue weighted by atomic mass is 16.5. The highest BCUT2D eigenvalue weighted by molar-refractivity contribution is 5.89. The molecule has 2 amide bonds. The van der Waals surface area contributed by atoms with Crippen LogP contribution in [0.15, 0.2) is 97.2 Å². The normalized spacial score (nSPS) is 13.5. The smallest absolute Gasteiger partial charge is 0.322 e. The number of carbonyl (C=O) groups is 1. The summed E-state index contributed by atoms with van der Waals surface area (Å²) < 4.78 is 5.23. The van der Waals surface area contributed by atoms with Crippen molar-refractivity contribution in [3.63, 3.8) is 0 Å². The van der Waals surface area contributed by atoms with Crippen molar-refractivity contribution >= 4 is 11.7 Å². The van der Waals surface area contributed by atoms with Gasteiger partial charge in [-0.1, -0.05) is 73.9 Å². The predicted molar refractivity (Wildman–Crippen MR) is 161 cm³/mol. The molecule has 1 fully saturated rings. The zero-order valence-corrected chi connectivity index (χ0v) is 23.2. The molecule has 1 aromatic heterocycles. The van der Waals surface area contributed by atoms with Gasteiger partial charge >= 0.3 is 6.03 Å². The third-order valence-corrected chi connectivity index (χ3v) is 7.52. The Morgan fingerprint density at radius 1 is 0.825 bits per heavy atom. The summed E-state index contributed by atoms with van der Waals surface area (Å²) in [6, 6.07) is 30.9. The van der Waals surface area contributed by atoms with Crippen LogP contribution in [0.3, 0.4) is 0 Å². The topological polar surface area (TPSA) is 66.5 Å². The molecule has 0 bridgehead atoms. The number of hydrogen-bond donors (Lipinski definition) is 2. The number of carbonyl (C=O) groups excluding carboxylic acids is 1. The van der Waals surface area contributed by atoms with Gasteiger partial charge < -0.3 is 20.3 Å². The van der Waals surface area contributed by atoms with E-state index in [2.05, 4.69) is 64.1 Å². The minimum atomic E-state index is -0.183. The van der Waals surface area contributed by atoms with E-state index in [4.69, 9.17) is 4.74 Å². The number of anilines is 1. The lowest BCUT2D eigenvalue weighted by molar-refractivity contribution is 0.205. The number of methoxy groups -OCH3 is 1. The summed E-state index contributed by atoms with van der Waals surface area (Å²) in [5.74, 6) is 0.745. The molecule has 0 radical (unpaired) electrons. The van der Waals surface area contributed by atoms with E-state index in [-0.39, 0.29) is 6.03 Å². The van der Waals surface area contributed by atoms with E-state index in [1.165, 1.54) is 43.2 Å². The van der Waals surface area contributed by atoms with Gasteiger partial charge in [0.1, 0.15) is 5.75 Å². The molecule has 6 heteroatoms. The molecule has 0 unspecified atom stereocenters. The quantitative estimate of drug-likeness (QED) is 0.222. The van der Waals surface area contributed by atoms with Gasteiger partial charge in [-0.25, -0.2) is 4.79 Å². The van der Waals surface area contributed by atoms with Crippen molar-refractivity contribution in [2.75, 3.05) is 12.4 Å². The van der Waals surface area contributed by atoms with Crippen LogP contribution in [0.1, 0.15) is 48.9 Å². The van der Waals surface area contributed by atoms with Crippen LogP contribution >= 0.6 is 0 Å². The molecule has 0 atom stereocenters. The summed E-state index contributed by atoms with van der Waals surface area (Å²) in [7, 11) is 1.62. The lowest BCUT2D eigenvalue weighted by Crippen LogP contribution is -2.34. The number of ether oxygens (including phenoxy) is 1. The maximum Gasteiger partial charge on any atom is 0.322 e. The van der Waals surface area contributed by atoms with Gasteiger partial charge in [-0.15, -0.1) is 0 Å². The Kier molecular flexibility index (Phi) is 9.43. The fraction of sp³-hybridized carbons (Fsp3) is 0.294. The Bertz CT molecular complexity index is 1330. The average Bonchev–Trinajstić information content (AvgIpc) is 3.02. The van der Waals surface area contributed by atoms with Crippen LogP contribution < -0.4 is 15.4 Å². The number of hydrogen-bond acceptors (Lipinski definition) is 4. The van der Waals surface area contributed by atoms with Crippen molar-refractivity contribution in [2.45, 2.75) is 57.8 Å². The van der Waals surface area contributed by atoms with Gasteiger partial charge in [0.15, 0.2) is 0 Å². The van der Waals surface area contributed by atoms with E-state index in [0.717, 1.165) is 29.1 Å². The Labute approximate surface area is 237 Å². The maximum absolute atomic E-state index is 13.3. The Hall–Kier alpha value is -4.16. The predicted octanol–water partition coefficient (Wildman–Crippen LogP) is 7.41. The number of nitrogens with zero attached hydrogens (tertiary/aromatic N) is 2. The third kappa shape index (κ3) is 7.70. The van der Waals surface area contributed by atoms with Crippen molar-refractivity contribution in [3.05, 3.63) is 114 Å². The number of amides is 2. The van der Waals surface area contributed by atoms with Crippen LogP contribution in [0, 0.1) is 0 Å². The molecule has 6 nitrogen and oxygen atoms in total. The first-order chi connectivity index (χ1) is 19.7. The van der Waals surface area contributed by atoms with Gasteiger partial charge in [0.25, 0.3) is 0 Å². The molecule has 0 aliphatic heterocycles. The first kappa shape index (κ1) is 27.4. The summed E-state index contributed by atoms with van der Waals surface area (Å²) >= 11 is 0. The van der Waals surface area contributed by atoms with Gasteiger partial charge in [0.05, 0.1) is 19.3 Å². The zero-order valence-electron chi connectivity index (χ0n) is 23.2. The SMILES string of the molecule is COc1ccc(NC(=O)N(Cc2ccc(-c3ccc(CNC4CCCCC4)cc3)cc2)Cc2ccccn2)cc1. The van der Waals surface area contributed by atoms with Crippen molar-refractivity contribution in [1.29, 1.82) is 0 Å². The summed E-state index contributed by atoms with van der Waals surface area (Å²) in [4.78, 5) is 19.5. The molecular formula is C34H38N4O2. The fourth-order valence-electron chi connectivity index (χ4n) is 5.17. The van der Waals surface area contributed by atoms with Crippen molar-refractivity contribution < 1.29 is 9.53 Å². The van der Waals surface area contributed by atoms with Crippen LogP contribution in [-0.2, 0) is 19.6 Å². The number of nitrogens with one attached hydrogen (secondary N) is 2. The standard InChI is InChI=1S/C34H38N4O2/c1-40-33-20-18-31(19-21-33)37-34(39)38(25-32-9-5-6-22-35-32)24-27-12-16-29(17-13-27)28-14-10-26(11-15-28)23-36-30-7-3-2-4-8-30/h5-6,9-22,30,36H,2-4,7-8,23-25H2,1H3,(H,37,39). The average molecular weight is 535 g/mol. The summed E-state index contributed by atoms with van der Waals surface area (Å²) in [5.41, 5.74) is 6.27. The highest BCUT2D eigenvalue weighted by Crippen LogP contribution is 2.23. The van der Waals surface area contributed by atoms with Crippen LogP contribution in [0.4, 0.5) is 10.5 Å². The summed E-state index contributed by atoms with van der Waals surface area (Å²) in [6.07, 6.45) is 8.42. The third-order valence-electron chi connectivity index (χ3n) is 7.52. The molecular weight excluding hydrogens is 496 g/mol. The minimum absolute atomic E-state index is 0.183. The summed E-state index contributed by atoms with van der Waals surface area (Å²) in [5, 5.41) is 6.73. The van der Waals surface area contributed by atoms with E-state index in [1.807, 2.05) is 42.5 Å². The fourth-order valence-corrected chi connectivity index (χ4v) is 5.17. The molecule has 2 N–H and O–H groups in total. The van der Waals surface area contributed by atoms with Gasteiger partial charge in [0, 0.05) is 31.0 Å². The zero-order chi connectivity index (χ0) is 27.6. The maximum atomic E-state index is 13.3. The molecule has 1 saturated carbocycles. The molecule has 1 aliphatic carbocycles. The van der Waals surface area contributed by atoms with E-state index in [9.17, 15) is 4.79 Å². The van der Waals surface area contributed by atoms with E-state index in [0.29, 0.717) is 24.8 Å². The molecule has 3 aromatic carbocycles. The van der Waals surface area contributed by atoms with Crippen molar-refractivity contribution in [3.8, 4) is 16.9 Å². The molecule has 1 heterocycles. The van der Waals surface area contributed by atoms with E-state index < -0.39 is 0 Å². The molecule has 5 rings (SSSR count). The number of aromatic nitrogens is 1. The molecule has 0 saturated heterocycles. The van der Waals surface area contributed by atoms with Gasteiger partial charge in [-0.3, -0.25) is 4.98 Å². The second-order valence-corrected chi connectivity index (χ2v) is 10.4. The number of urea groups is 1. The molecule has 206 valence electrons. The first-order valence-electron chi connectivity index (χ1n) is 14.2. The van der Waals surface area contributed by atoms with Crippen LogP contribution in [-0.4, -0.2) is 29.1 Å². The van der Waals surface area contributed by atoms with Gasteiger partial charge in [-0.05, 0) is 71.5 Å². The van der Waals surface area contributed by atoms with Gasteiger partial charge in [-0.2, -0.15) is 0 Å². The molecule has 40 heavy (non-hydrogen) atoms. The highest BCUT2D eigenvalue weighted by Gasteiger charge is 2.16. The summed E-state index contributed by atoms with van der Waals surface area (Å²) in [6.45, 7) is 1.79. The molecule has 4 aromatic rings. The molecule has 0 spiro atoms. The Balaban J connectivity index is 1.23. The monoisotopic (exact) mass is 534 g/mol. The van der Waals surface area contributed by atoms with Gasteiger partial charge in [0.2, 0.25) is 0 Å². The van der Waals surface area contributed by atoms with Crippen LogP contribution in [0.25, 0.3) is 11.1 Å². The largest absolute Gasteiger partial charge is 0.497 e. The minimum Gasteiger partial charge on any atom is -0.497 e. The Morgan fingerprint density at radius 2 is 1.50 bits per heavy atom. The van der Waals surface area contributed by atoms with Crippen molar-refractivity contribution in [2.24, 2.45) is 0 Å². The number of pyridine rings is 1. The number of rotatable bonds is 10. The second-order valence-electron chi connectivity index (χ2n) is 10.4. The Morgan fingerprint density at radius 3 is 2.12 bits per heavy atom. The van der Waals surface area contributed by atoms with Crippen LogP contribution in [0.5, 0.6) is 5.75 Å². The number of benzene rings is 3. The lowest BCUT2D eigenvalue weighted by atomic mass is 9.95. The molecule has 1 aliphatic rings. The lowest BCUT2D eigenvalue weighted by Gasteiger charge is -2.23. The first-order valence-corrected chi connectivity index (χ1v) is 14.2. The van der Waals surface area contributed by atoms with E-state index in [1.54, 1.807) is 18.2 Å². The van der Waals surface area contributed by atoms with Crippen LogP contribution in [0.2, 0.25) is 0 Å².